The van der Waals surface area contributed by atoms with E-state index in [-0.39, 0.29) is 24.6 Å². The van der Waals surface area contributed by atoms with Crippen molar-refractivity contribution in [2.45, 2.75) is 31.8 Å². The van der Waals surface area contributed by atoms with Crippen molar-refractivity contribution in [2.24, 2.45) is 5.92 Å². The highest BCUT2D eigenvalue weighted by Gasteiger charge is 2.23. The average Bonchev–Trinajstić information content (AvgIpc) is 2.43. The van der Waals surface area contributed by atoms with Crippen LogP contribution in [0, 0.1) is 5.92 Å². The Kier molecular flexibility index (Phi) is 6.43. The number of hydrogen-bond donors (Lipinski definition) is 0. The van der Waals surface area contributed by atoms with Crippen LogP contribution in [0.15, 0.2) is 12.7 Å². The van der Waals surface area contributed by atoms with Crippen LogP contribution in [0.1, 0.15) is 25.7 Å². The number of methoxy groups -OCH3 is 1. The minimum atomic E-state index is -0.376. The molecule has 0 aromatic carbocycles. The molecular formula is C13H20O5. The normalized spacial score (nSPS) is 23.2. The molecule has 0 spiro atoms. The summed E-state index contributed by atoms with van der Waals surface area (Å²) >= 11 is 0. The summed E-state index contributed by atoms with van der Waals surface area (Å²) in [6.07, 6.45) is 4.92. The number of hydrogen-bond acceptors (Lipinski definition) is 5. The van der Waals surface area contributed by atoms with Gasteiger partial charge in [-0.3, -0.25) is 0 Å². The van der Waals surface area contributed by atoms with Gasteiger partial charge >= 0.3 is 11.9 Å². The topological polar surface area (TPSA) is 61.8 Å². The van der Waals surface area contributed by atoms with Crippen LogP contribution < -0.4 is 0 Å². The Labute approximate surface area is 107 Å². The van der Waals surface area contributed by atoms with Gasteiger partial charge in [0.25, 0.3) is 0 Å². The Hall–Kier alpha value is -1.36. The fourth-order valence-electron chi connectivity index (χ4n) is 1.97. The van der Waals surface area contributed by atoms with Gasteiger partial charge in [-0.05, 0) is 31.6 Å². The molecule has 0 saturated heterocycles. The van der Waals surface area contributed by atoms with Gasteiger partial charge in [-0.25, -0.2) is 9.59 Å². The third-order valence-electron chi connectivity index (χ3n) is 3.09. The van der Waals surface area contributed by atoms with Gasteiger partial charge in [-0.15, -0.1) is 0 Å². The highest BCUT2D eigenvalue weighted by molar-refractivity contribution is 5.81. The Bertz CT molecular complexity index is 292. The third kappa shape index (κ3) is 5.31. The molecule has 18 heavy (non-hydrogen) atoms. The van der Waals surface area contributed by atoms with E-state index in [2.05, 4.69) is 11.3 Å². The van der Waals surface area contributed by atoms with Crippen molar-refractivity contribution in [3.8, 4) is 0 Å². The summed E-state index contributed by atoms with van der Waals surface area (Å²) in [5.41, 5.74) is 0. The molecule has 0 aromatic rings. The lowest BCUT2D eigenvalue weighted by atomic mass is 9.88. The second-order valence-electron chi connectivity index (χ2n) is 4.36. The van der Waals surface area contributed by atoms with E-state index in [1.165, 1.54) is 13.2 Å². The van der Waals surface area contributed by atoms with Crippen molar-refractivity contribution in [3.05, 3.63) is 12.7 Å². The first-order valence-electron chi connectivity index (χ1n) is 6.13. The molecule has 5 nitrogen and oxygen atoms in total. The predicted molar refractivity (Wildman–Crippen MR) is 64.9 cm³/mol. The molecule has 1 aliphatic carbocycles. The summed E-state index contributed by atoms with van der Waals surface area (Å²) < 4.78 is 15.0. The lowest BCUT2D eigenvalue weighted by molar-refractivity contribution is -0.149. The number of carbonyl (C=O) groups is 2. The molecule has 5 heteroatoms. The van der Waals surface area contributed by atoms with E-state index in [4.69, 9.17) is 9.47 Å². The molecular weight excluding hydrogens is 236 g/mol. The van der Waals surface area contributed by atoms with Crippen LogP contribution in [0.4, 0.5) is 0 Å². The molecule has 0 bridgehead atoms. The number of ether oxygens (including phenoxy) is 3. The van der Waals surface area contributed by atoms with Crippen molar-refractivity contribution in [3.63, 3.8) is 0 Å². The smallest absolute Gasteiger partial charge is 0.331 e. The van der Waals surface area contributed by atoms with Crippen molar-refractivity contribution in [1.82, 2.24) is 0 Å². The fraction of sp³-hybridized carbons (Fsp3) is 0.692. The maximum absolute atomic E-state index is 10.9. The summed E-state index contributed by atoms with van der Waals surface area (Å²) in [7, 11) is 1.34. The third-order valence-corrected chi connectivity index (χ3v) is 3.09. The van der Waals surface area contributed by atoms with Gasteiger partial charge in [0.15, 0.2) is 0 Å². The van der Waals surface area contributed by atoms with Crippen LogP contribution in [-0.4, -0.2) is 38.4 Å². The predicted octanol–water partition coefficient (Wildman–Crippen LogP) is 1.46. The van der Waals surface area contributed by atoms with Gasteiger partial charge in [0, 0.05) is 6.08 Å². The Morgan fingerprint density at radius 3 is 2.50 bits per heavy atom. The Morgan fingerprint density at radius 2 is 1.94 bits per heavy atom. The molecule has 0 atom stereocenters. The van der Waals surface area contributed by atoms with E-state index >= 15 is 0 Å². The van der Waals surface area contributed by atoms with Gasteiger partial charge in [0.05, 0.1) is 19.8 Å². The summed E-state index contributed by atoms with van der Waals surface area (Å²) in [4.78, 5) is 21.8. The molecule has 1 fully saturated rings. The Balaban J connectivity index is 2.14. The molecule has 0 unspecified atom stereocenters. The van der Waals surface area contributed by atoms with Crippen molar-refractivity contribution >= 4 is 11.9 Å². The van der Waals surface area contributed by atoms with Crippen molar-refractivity contribution < 1.29 is 23.8 Å². The molecule has 102 valence electrons. The molecule has 0 aromatic heterocycles. The summed E-state index contributed by atoms with van der Waals surface area (Å²) in [6.45, 7) is 3.80. The number of esters is 2. The molecule has 1 aliphatic rings. The lowest BCUT2D eigenvalue weighted by Crippen LogP contribution is -2.26. The zero-order chi connectivity index (χ0) is 13.4. The van der Waals surface area contributed by atoms with Gasteiger partial charge in [-0.1, -0.05) is 6.58 Å². The number of rotatable bonds is 6. The first kappa shape index (κ1) is 14.7. The monoisotopic (exact) mass is 256 g/mol. The average molecular weight is 256 g/mol. The largest absolute Gasteiger partial charge is 0.467 e. The Morgan fingerprint density at radius 1 is 1.28 bits per heavy atom. The van der Waals surface area contributed by atoms with Gasteiger partial charge in [-0.2, -0.15) is 0 Å². The summed E-state index contributed by atoms with van der Waals surface area (Å²) in [5.74, 6) is -0.344. The second kappa shape index (κ2) is 7.87. The highest BCUT2D eigenvalue weighted by Crippen LogP contribution is 2.26. The molecule has 0 radical (unpaired) electrons. The first-order chi connectivity index (χ1) is 8.65. The fourth-order valence-corrected chi connectivity index (χ4v) is 1.97. The first-order valence-corrected chi connectivity index (χ1v) is 6.13. The van der Waals surface area contributed by atoms with Crippen LogP contribution in [0.3, 0.4) is 0 Å². The maximum Gasteiger partial charge on any atom is 0.331 e. The van der Waals surface area contributed by atoms with Gasteiger partial charge in [0.1, 0.15) is 6.61 Å². The number of carbonyl (C=O) groups excluding carboxylic acids is 2. The zero-order valence-corrected chi connectivity index (χ0v) is 10.7. The SMILES string of the molecule is C=CC(=O)OCC1CCC(OCC(=O)OC)CC1. The quantitative estimate of drug-likeness (QED) is 0.532. The standard InChI is InChI=1S/C13H20O5/c1-3-12(14)18-8-10-4-6-11(7-5-10)17-9-13(15)16-2/h3,10-11H,1,4-9H2,2H3. The zero-order valence-electron chi connectivity index (χ0n) is 10.7. The van der Waals surface area contributed by atoms with Crippen molar-refractivity contribution in [1.29, 1.82) is 0 Å². The van der Waals surface area contributed by atoms with Gasteiger partial charge in [0.2, 0.25) is 0 Å². The minimum Gasteiger partial charge on any atom is -0.467 e. The minimum absolute atomic E-state index is 0.0112. The van der Waals surface area contributed by atoms with E-state index in [1.807, 2.05) is 0 Å². The molecule has 0 aliphatic heterocycles. The van der Waals surface area contributed by atoms with Crippen LogP contribution in [0.25, 0.3) is 0 Å². The molecule has 0 N–H and O–H groups in total. The van der Waals surface area contributed by atoms with Crippen molar-refractivity contribution in [2.75, 3.05) is 20.3 Å². The van der Waals surface area contributed by atoms with E-state index in [0.717, 1.165) is 25.7 Å². The molecule has 0 heterocycles. The van der Waals surface area contributed by atoms with Crippen LogP contribution >= 0.6 is 0 Å². The van der Waals surface area contributed by atoms with E-state index in [1.54, 1.807) is 0 Å². The van der Waals surface area contributed by atoms with Crippen LogP contribution in [0.2, 0.25) is 0 Å². The van der Waals surface area contributed by atoms with E-state index in [0.29, 0.717) is 12.5 Å². The van der Waals surface area contributed by atoms with E-state index < -0.39 is 0 Å². The molecule has 1 rings (SSSR count). The van der Waals surface area contributed by atoms with Crippen LogP contribution in [0.5, 0.6) is 0 Å². The van der Waals surface area contributed by atoms with E-state index in [9.17, 15) is 9.59 Å². The highest BCUT2D eigenvalue weighted by atomic mass is 16.6. The molecule has 0 amide bonds. The summed E-state index contributed by atoms with van der Waals surface area (Å²) in [6, 6.07) is 0. The summed E-state index contributed by atoms with van der Waals surface area (Å²) in [5, 5.41) is 0. The molecule has 1 saturated carbocycles. The van der Waals surface area contributed by atoms with Crippen LogP contribution in [-0.2, 0) is 23.8 Å². The lowest BCUT2D eigenvalue weighted by Gasteiger charge is -2.27. The second-order valence-corrected chi connectivity index (χ2v) is 4.36. The maximum atomic E-state index is 10.9. The van der Waals surface area contributed by atoms with Gasteiger partial charge < -0.3 is 14.2 Å².